The van der Waals surface area contributed by atoms with E-state index < -0.39 is 30.4 Å². The Bertz CT molecular complexity index is 401. The van der Waals surface area contributed by atoms with Gasteiger partial charge in [-0.2, -0.15) is 0 Å². The minimum atomic E-state index is -1.37. The van der Waals surface area contributed by atoms with Gasteiger partial charge in [0.1, 0.15) is 0 Å². The molecule has 0 aromatic rings. The molecule has 7 heteroatoms. The van der Waals surface area contributed by atoms with E-state index in [1.165, 1.54) is 0 Å². The number of alkyl halides is 1. The monoisotopic (exact) mass is 285 g/mol. The number of hydrogen-bond donors (Lipinski definition) is 3. The number of nitrogens with one attached hydrogen (secondary N) is 2. The Morgan fingerprint density at radius 3 is 2.50 bits per heavy atom. The van der Waals surface area contributed by atoms with Gasteiger partial charge in [0.2, 0.25) is 0 Å². The third kappa shape index (κ3) is 8.91. The van der Waals surface area contributed by atoms with Crippen LogP contribution < -0.4 is 16.4 Å². The van der Waals surface area contributed by atoms with Crippen molar-refractivity contribution < 1.29 is 18.8 Å². The van der Waals surface area contributed by atoms with E-state index in [1.54, 1.807) is 0 Å². The minimum absolute atomic E-state index is 0.450. The van der Waals surface area contributed by atoms with Crippen molar-refractivity contribution in [3.8, 4) is 11.8 Å². The average Bonchev–Trinajstić information content (AvgIpc) is 2.42. The summed E-state index contributed by atoms with van der Waals surface area (Å²) in [6.07, 6.45) is 3.97. The molecule has 0 aromatic heterocycles. The smallest absolute Gasteiger partial charge is 0.316 e. The lowest BCUT2D eigenvalue weighted by Gasteiger charge is -2.11. The Hall–Kier alpha value is -2.10. The van der Waals surface area contributed by atoms with Gasteiger partial charge in [-0.3, -0.25) is 9.59 Å². The molecule has 0 spiro atoms. The van der Waals surface area contributed by atoms with Crippen LogP contribution >= 0.6 is 0 Å². The van der Waals surface area contributed by atoms with Gasteiger partial charge in [-0.05, 0) is 12.3 Å². The lowest BCUT2D eigenvalue weighted by Crippen LogP contribution is -2.46. The zero-order valence-electron chi connectivity index (χ0n) is 11.5. The second-order valence-corrected chi connectivity index (χ2v) is 4.13. The van der Waals surface area contributed by atoms with Crippen LogP contribution in [-0.4, -0.2) is 37.0 Å². The Labute approximate surface area is 117 Å². The number of urea groups is 1. The molecule has 6 nitrogen and oxygen atoms in total. The van der Waals surface area contributed by atoms with Crippen LogP contribution in [0.2, 0.25) is 0 Å². The Morgan fingerprint density at radius 1 is 1.25 bits per heavy atom. The fourth-order valence-corrected chi connectivity index (χ4v) is 1.35. The summed E-state index contributed by atoms with van der Waals surface area (Å²) in [4.78, 5) is 33.2. The first-order valence-corrected chi connectivity index (χ1v) is 6.45. The molecule has 0 aromatic carbocycles. The summed E-state index contributed by atoms with van der Waals surface area (Å²) >= 11 is 0. The van der Waals surface area contributed by atoms with Gasteiger partial charge in [0.25, 0.3) is 5.91 Å². The Morgan fingerprint density at radius 2 is 1.95 bits per heavy atom. The van der Waals surface area contributed by atoms with Crippen LogP contribution in [0.15, 0.2) is 0 Å². The zero-order valence-corrected chi connectivity index (χ0v) is 11.5. The maximum absolute atomic E-state index is 12.3. The molecule has 0 saturated carbocycles. The van der Waals surface area contributed by atoms with Crippen LogP contribution in [-0.2, 0) is 9.59 Å². The summed E-state index contributed by atoms with van der Waals surface area (Å²) in [6, 6.07) is -2.00. The number of halogens is 1. The predicted molar refractivity (Wildman–Crippen MR) is 72.4 cm³/mol. The number of primary amides is 1. The topological polar surface area (TPSA) is 101 Å². The number of nitrogens with two attached hydrogens (primary N) is 1. The number of carbonyl (C=O) groups excluding carboxylic acids is 3. The lowest BCUT2D eigenvalue weighted by atomic mass is 10.2. The van der Waals surface area contributed by atoms with E-state index in [-0.39, 0.29) is 0 Å². The van der Waals surface area contributed by atoms with Crippen LogP contribution in [0.25, 0.3) is 0 Å². The average molecular weight is 285 g/mol. The van der Waals surface area contributed by atoms with Gasteiger partial charge in [-0.1, -0.05) is 32.1 Å². The molecule has 4 N–H and O–H groups in total. The second-order valence-electron chi connectivity index (χ2n) is 4.13. The predicted octanol–water partition coefficient (Wildman–Crippen LogP) is 0.262. The zero-order chi connectivity index (χ0) is 15.4. The third-order valence-corrected chi connectivity index (χ3v) is 2.38. The van der Waals surface area contributed by atoms with Crippen LogP contribution in [0.5, 0.6) is 0 Å². The van der Waals surface area contributed by atoms with Gasteiger partial charge in [0, 0.05) is 6.54 Å². The van der Waals surface area contributed by atoms with Crippen LogP contribution in [0.1, 0.15) is 32.6 Å². The van der Waals surface area contributed by atoms with Gasteiger partial charge in [-0.25, -0.2) is 9.18 Å². The molecule has 0 fully saturated rings. The van der Waals surface area contributed by atoms with E-state index in [0.717, 1.165) is 25.7 Å². The highest BCUT2D eigenvalue weighted by atomic mass is 19.1. The van der Waals surface area contributed by atoms with E-state index in [4.69, 9.17) is 5.73 Å². The molecule has 1 unspecified atom stereocenters. The standard InChI is InChI=1S/C13H20FN3O3/c1-2-3-4-5-8-16-13(20)17-10(11(18)9-14)6-7-12(15)19/h10H,2-5,8-9H2,1H3,(H2,15,19)(H2,16,17,20). The van der Waals surface area contributed by atoms with Crippen molar-refractivity contribution in [1.82, 2.24) is 10.6 Å². The fraction of sp³-hybridized carbons (Fsp3) is 0.615. The molecule has 0 rings (SSSR count). The van der Waals surface area contributed by atoms with Crippen molar-refractivity contribution in [2.24, 2.45) is 5.73 Å². The Balaban J connectivity index is 4.23. The first kappa shape index (κ1) is 17.9. The van der Waals surface area contributed by atoms with E-state index in [2.05, 4.69) is 23.5 Å². The number of ketones is 1. The second kappa shape index (κ2) is 10.8. The van der Waals surface area contributed by atoms with Gasteiger partial charge >= 0.3 is 6.03 Å². The normalized spacial score (nSPS) is 10.9. The molecule has 112 valence electrons. The minimum Gasteiger partial charge on any atom is -0.359 e. The number of amides is 3. The molecule has 0 radical (unpaired) electrons. The highest BCUT2D eigenvalue weighted by Crippen LogP contribution is 1.97. The number of hydrogen-bond acceptors (Lipinski definition) is 3. The fourth-order valence-electron chi connectivity index (χ4n) is 1.35. The first-order chi connectivity index (χ1) is 9.51. The molecule has 0 aliphatic rings. The number of unbranched alkanes of at least 4 members (excludes halogenated alkanes) is 3. The third-order valence-electron chi connectivity index (χ3n) is 2.38. The summed E-state index contributed by atoms with van der Waals surface area (Å²) in [6.45, 7) is 1.24. The van der Waals surface area contributed by atoms with Gasteiger partial charge in [0.15, 0.2) is 18.5 Å². The molecule has 0 aliphatic carbocycles. The van der Waals surface area contributed by atoms with E-state index >= 15 is 0 Å². The molecule has 1 atom stereocenters. The van der Waals surface area contributed by atoms with Gasteiger partial charge in [0.05, 0.1) is 0 Å². The molecule has 0 aliphatic heterocycles. The van der Waals surface area contributed by atoms with Crippen LogP contribution in [0, 0.1) is 11.8 Å². The van der Waals surface area contributed by atoms with Gasteiger partial charge < -0.3 is 16.4 Å². The number of carbonyl (C=O) groups is 3. The van der Waals surface area contributed by atoms with Crippen molar-refractivity contribution in [2.75, 3.05) is 13.2 Å². The first-order valence-electron chi connectivity index (χ1n) is 6.45. The maximum Gasteiger partial charge on any atom is 0.316 e. The van der Waals surface area contributed by atoms with Crippen molar-refractivity contribution in [2.45, 2.75) is 38.6 Å². The number of Topliss-reactive ketones (excluding diaryl/α,β-unsaturated/α-hetero) is 1. The molecular formula is C13H20FN3O3. The SMILES string of the molecule is CCCCCCNC(=O)NC(C#CC(N)=O)C(=O)CF. The molecule has 0 heterocycles. The van der Waals surface area contributed by atoms with E-state index in [0.29, 0.717) is 6.54 Å². The van der Waals surface area contributed by atoms with Crippen molar-refractivity contribution in [1.29, 1.82) is 0 Å². The molecule has 20 heavy (non-hydrogen) atoms. The van der Waals surface area contributed by atoms with Gasteiger partial charge in [-0.15, -0.1) is 0 Å². The summed E-state index contributed by atoms with van der Waals surface area (Å²) < 4.78 is 12.3. The summed E-state index contributed by atoms with van der Waals surface area (Å²) in [7, 11) is 0. The number of rotatable bonds is 8. The Kier molecular flexibility index (Phi) is 9.66. The highest BCUT2D eigenvalue weighted by Gasteiger charge is 2.17. The quantitative estimate of drug-likeness (QED) is 0.440. The van der Waals surface area contributed by atoms with Crippen molar-refractivity contribution in [3.63, 3.8) is 0 Å². The van der Waals surface area contributed by atoms with Crippen molar-refractivity contribution in [3.05, 3.63) is 0 Å². The molecular weight excluding hydrogens is 265 g/mol. The summed E-state index contributed by atoms with van der Waals surface area (Å²) in [5.41, 5.74) is 4.79. The van der Waals surface area contributed by atoms with Crippen molar-refractivity contribution >= 4 is 17.7 Å². The maximum atomic E-state index is 12.3. The highest BCUT2D eigenvalue weighted by molar-refractivity contribution is 5.96. The van der Waals surface area contributed by atoms with Crippen LogP contribution in [0.4, 0.5) is 9.18 Å². The molecule has 3 amide bonds. The lowest BCUT2D eigenvalue weighted by molar-refractivity contribution is -0.120. The largest absolute Gasteiger partial charge is 0.359 e. The molecule has 0 bridgehead atoms. The molecule has 0 saturated heterocycles. The van der Waals surface area contributed by atoms with Crippen LogP contribution in [0.3, 0.4) is 0 Å². The summed E-state index contributed by atoms with van der Waals surface area (Å²) in [5.74, 6) is 2.15. The van der Waals surface area contributed by atoms with E-state index in [9.17, 15) is 18.8 Å². The van der Waals surface area contributed by atoms with E-state index in [1.807, 2.05) is 5.92 Å². The summed E-state index contributed by atoms with van der Waals surface area (Å²) in [5, 5.41) is 4.72.